The van der Waals surface area contributed by atoms with E-state index < -0.39 is 0 Å². The third-order valence-electron chi connectivity index (χ3n) is 3.60. The number of halogens is 1. The molecule has 0 amide bonds. The molecule has 20 heavy (non-hydrogen) atoms. The Morgan fingerprint density at radius 3 is 2.85 bits per heavy atom. The van der Waals surface area contributed by atoms with Gasteiger partial charge in [-0.25, -0.2) is 0 Å². The highest BCUT2D eigenvalue weighted by atomic mass is 35.5. The van der Waals surface area contributed by atoms with Crippen molar-refractivity contribution in [3.05, 3.63) is 29.3 Å². The van der Waals surface area contributed by atoms with E-state index in [1.165, 1.54) is 12.8 Å². The highest BCUT2D eigenvalue weighted by Crippen LogP contribution is 2.19. The Hall–Kier alpha value is -0.810. The second-order valence-corrected chi connectivity index (χ2v) is 5.63. The predicted octanol–water partition coefficient (Wildman–Crippen LogP) is 2.90. The molecule has 1 aliphatic heterocycles. The Balaban J connectivity index is 1.64. The fourth-order valence-electron chi connectivity index (χ4n) is 2.41. The summed E-state index contributed by atoms with van der Waals surface area (Å²) in [6.07, 6.45) is 6.04. The van der Waals surface area contributed by atoms with Crippen molar-refractivity contribution in [1.29, 1.82) is 0 Å². The number of hydrazine groups is 1. The molecule has 4 nitrogen and oxygen atoms in total. The van der Waals surface area contributed by atoms with Crippen LogP contribution in [0.25, 0.3) is 0 Å². The van der Waals surface area contributed by atoms with Gasteiger partial charge < -0.3 is 9.47 Å². The van der Waals surface area contributed by atoms with Crippen molar-refractivity contribution in [2.45, 2.75) is 44.2 Å². The molecule has 0 spiro atoms. The number of benzene rings is 1. The molecule has 1 aromatic rings. The summed E-state index contributed by atoms with van der Waals surface area (Å²) in [5, 5.41) is 0.711. The van der Waals surface area contributed by atoms with Crippen LogP contribution in [-0.2, 0) is 4.74 Å². The van der Waals surface area contributed by atoms with Crippen molar-refractivity contribution in [1.82, 2.24) is 5.43 Å². The molecule has 1 fully saturated rings. The largest absolute Gasteiger partial charge is 0.492 e. The highest BCUT2D eigenvalue weighted by Gasteiger charge is 2.16. The Bertz CT molecular complexity index is 380. The molecule has 0 radical (unpaired) electrons. The number of ether oxygens (including phenoxy) is 2. The van der Waals surface area contributed by atoms with Crippen molar-refractivity contribution in [2.75, 3.05) is 13.2 Å². The zero-order valence-electron chi connectivity index (χ0n) is 11.7. The minimum absolute atomic E-state index is 0.159. The molecule has 0 bridgehead atoms. The third-order valence-corrected chi connectivity index (χ3v) is 3.86. The number of hydrogen-bond donors (Lipinski definition) is 2. The van der Waals surface area contributed by atoms with Crippen molar-refractivity contribution in [3.8, 4) is 5.75 Å². The minimum Gasteiger partial charge on any atom is -0.492 e. The first-order valence-electron chi connectivity index (χ1n) is 7.24. The number of nitrogens with two attached hydrogens (primary N) is 1. The fourth-order valence-corrected chi connectivity index (χ4v) is 2.53. The standard InChI is InChI=1S/C15H23ClN2O2/c16-12-6-8-15(9-7-12)20-11-13(18-17)3-1-4-14-5-2-10-19-14/h6-9,13-14,18H,1-5,10-11,17H2. The van der Waals surface area contributed by atoms with Gasteiger partial charge in [0.1, 0.15) is 12.4 Å². The van der Waals surface area contributed by atoms with Crippen LogP contribution in [0, 0.1) is 0 Å². The van der Waals surface area contributed by atoms with Crippen molar-refractivity contribution < 1.29 is 9.47 Å². The number of rotatable bonds is 8. The quantitative estimate of drug-likeness (QED) is 0.572. The third kappa shape index (κ3) is 5.29. The zero-order chi connectivity index (χ0) is 14.2. The Morgan fingerprint density at radius 2 is 2.20 bits per heavy atom. The van der Waals surface area contributed by atoms with Crippen LogP contribution >= 0.6 is 11.6 Å². The summed E-state index contributed by atoms with van der Waals surface area (Å²) >= 11 is 5.83. The van der Waals surface area contributed by atoms with E-state index in [4.69, 9.17) is 26.9 Å². The van der Waals surface area contributed by atoms with E-state index in [1.54, 1.807) is 0 Å². The highest BCUT2D eigenvalue weighted by molar-refractivity contribution is 6.30. The molecule has 0 saturated carbocycles. The lowest BCUT2D eigenvalue weighted by Gasteiger charge is -2.17. The summed E-state index contributed by atoms with van der Waals surface area (Å²) in [4.78, 5) is 0. The van der Waals surface area contributed by atoms with Gasteiger partial charge in [0.25, 0.3) is 0 Å². The van der Waals surface area contributed by atoms with Gasteiger partial charge in [0.05, 0.1) is 12.1 Å². The average Bonchev–Trinajstić information content (AvgIpc) is 2.97. The van der Waals surface area contributed by atoms with Crippen LogP contribution in [0.3, 0.4) is 0 Å². The molecular formula is C15H23ClN2O2. The predicted molar refractivity (Wildman–Crippen MR) is 80.9 cm³/mol. The molecule has 112 valence electrons. The Morgan fingerprint density at radius 1 is 1.40 bits per heavy atom. The first-order chi connectivity index (χ1) is 9.78. The van der Waals surface area contributed by atoms with Gasteiger partial charge >= 0.3 is 0 Å². The van der Waals surface area contributed by atoms with Crippen molar-refractivity contribution in [2.24, 2.45) is 5.84 Å². The molecule has 0 aliphatic carbocycles. The zero-order valence-corrected chi connectivity index (χ0v) is 12.4. The van der Waals surface area contributed by atoms with Crippen LogP contribution < -0.4 is 16.0 Å². The molecule has 1 aliphatic rings. The van der Waals surface area contributed by atoms with E-state index in [0.29, 0.717) is 17.7 Å². The first-order valence-corrected chi connectivity index (χ1v) is 7.62. The summed E-state index contributed by atoms with van der Waals surface area (Å²) in [5.41, 5.74) is 2.82. The minimum atomic E-state index is 0.159. The molecule has 5 heteroatoms. The smallest absolute Gasteiger partial charge is 0.119 e. The maximum atomic E-state index is 5.83. The molecule has 2 unspecified atom stereocenters. The van der Waals surface area contributed by atoms with E-state index in [0.717, 1.165) is 31.6 Å². The van der Waals surface area contributed by atoms with Crippen LogP contribution in [-0.4, -0.2) is 25.4 Å². The fraction of sp³-hybridized carbons (Fsp3) is 0.600. The van der Waals surface area contributed by atoms with E-state index in [-0.39, 0.29) is 6.04 Å². The van der Waals surface area contributed by atoms with Gasteiger partial charge in [0.2, 0.25) is 0 Å². The number of hydrogen-bond acceptors (Lipinski definition) is 4. The lowest BCUT2D eigenvalue weighted by molar-refractivity contribution is 0.100. The van der Waals surface area contributed by atoms with Crippen LogP contribution in [0.5, 0.6) is 5.75 Å². The first kappa shape index (κ1) is 15.6. The molecule has 0 aromatic heterocycles. The van der Waals surface area contributed by atoms with Gasteiger partial charge in [0, 0.05) is 11.6 Å². The summed E-state index contributed by atoms with van der Waals surface area (Å²) in [6.45, 7) is 1.48. The van der Waals surface area contributed by atoms with Crippen LogP contribution in [0.2, 0.25) is 5.02 Å². The van der Waals surface area contributed by atoms with Gasteiger partial charge in [-0.2, -0.15) is 0 Å². The van der Waals surface area contributed by atoms with Gasteiger partial charge in [0.15, 0.2) is 0 Å². The second kappa shape index (κ2) is 8.47. The molecule has 2 atom stereocenters. The maximum Gasteiger partial charge on any atom is 0.119 e. The van der Waals surface area contributed by atoms with Gasteiger partial charge in [-0.05, 0) is 56.4 Å². The molecular weight excluding hydrogens is 276 g/mol. The van der Waals surface area contributed by atoms with E-state index in [2.05, 4.69) is 5.43 Å². The average molecular weight is 299 g/mol. The summed E-state index contributed by atoms with van der Waals surface area (Å²) in [5.74, 6) is 6.39. The van der Waals surface area contributed by atoms with Crippen LogP contribution in [0.15, 0.2) is 24.3 Å². The van der Waals surface area contributed by atoms with E-state index in [1.807, 2.05) is 24.3 Å². The molecule has 2 rings (SSSR count). The molecule has 1 saturated heterocycles. The van der Waals surface area contributed by atoms with Gasteiger partial charge in [-0.3, -0.25) is 11.3 Å². The normalized spacial score (nSPS) is 20.0. The molecule has 3 N–H and O–H groups in total. The van der Waals surface area contributed by atoms with Crippen LogP contribution in [0.4, 0.5) is 0 Å². The maximum absolute atomic E-state index is 5.83. The Kier molecular flexibility index (Phi) is 6.60. The lowest BCUT2D eigenvalue weighted by atomic mass is 10.1. The monoisotopic (exact) mass is 298 g/mol. The van der Waals surface area contributed by atoms with Crippen LogP contribution in [0.1, 0.15) is 32.1 Å². The van der Waals surface area contributed by atoms with Gasteiger partial charge in [-0.15, -0.1) is 0 Å². The summed E-state index contributed by atoms with van der Waals surface area (Å²) in [7, 11) is 0. The summed E-state index contributed by atoms with van der Waals surface area (Å²) < 4.78 is 11.3. The van der Waals surface area contributed by atoms with Crippen molar-refractivity contribution >= 4 is 11.6 Å². The lowest BCUT2D eigenvalue weighted by Crippen LogP contribution is -2.39. The molecule has 1 heterocycles. The Labute approximate surface area is 125 Å². The SMILES string of the molecule is NNC(CCCC1CCCO1)COc1ccc(Cl)cc1. The summed E-state index contributed by atoms with van der Waals surface area (Å²) in [6, 6.07) is 7.52. The molecule has 1 aromatic carbocycles. The van der Waals surface area contributed by atoms with E-state index in [9.17, 15) is 0 Å². The van der Waals surface area contributed by atoms with Crippen molar-refractivity contribution in [3.63, 3.8) is 0 Å². The second-order valence-electron chi connectivity index (χ2n) is 5.19. The number of nitrogens with one attached hydrogen (secondary N) is 1. The van der Waals surface area contributed by atoms with Gasteiger partial charge in [-0.1, -0.05) is 11.6 Å². The topological polar surface area (TPSA) is 56.5 Å². The van der Waals surface area contributed by atoms with E-state index >= 15 is 0 Å².